The topological polar surface area (TPSA) is 59.1 Å². The summed E-state index contributed by atoms with van der Waals surface area (Å²) in [5.41, 5.74) is 0. The van der Waals surface area contributed by atoms with Gasteiger partial charge in [-0.05, 0) is 19.4 Å². The molecule has 1 aliphatic heterocycles. The standard InChI is InChI=1S/C11H18N4O/c1-16-11-8-13-7-10(15-11)14-9-4-2-3-5-12-6-9/h7-9,12H,2-6H2,1H3,(H,14,15). The maximum Gasteiger partial charge on any atom is 0.233 e. The van der Waals surface area contributed by atoms with Crippen molar-refractivity contribution >= 4 is 5.82 Å². The van der Waals surface area contributed by atoms with Crippen molar-refractivity contribution in [2.45, 2.75) is 25.3 Å². The molecule has 1 saturated heterocycles. The Kier molecular flexibility index (Phi) is 3.93. The van der Waals surface area contributed by atoms with Gasteiger partial charge in [-0.2, -0.15) is 4.98 Å². The number of rotatable bonds is 3. The molecule has 1 unspecified atom stereocenters. The largest absolute Gasteiger partial charge is 0.480 e. The normalized spacial score (nSPS) is 21.2. The van der Waals surface area contributed by atoms with E-state index in [0.29, 0.717) is 11.9 Å². The molecule has 2 N–H and O–H groups in total. The molecule has 5 nitrogen and oxygen atoms in total. The van der Waals surface area contributed by atoms with E-state index in [4.69, 9.17) is 4.74 Å². The van der Waals surface area contributed by atoms with Crippen LogP contribution in [0.15, 0.2) is 12.4 Å². The van der Waals surface area contributed by atoms with E-state index < -0.39 is 0 Å². The SMILES string of the molecule is COc1cncc(NC2CCCCNC2)n1. The molecular weight excluding hydrogens is 204 g/mol. The Morgan fingerprint density at radius 3 is 3.25 bits per heavy atom. The lowest BCUT2D eigenvalue weighted by atomic mass is 10.1. The van der Waals surface area contributed by atoms with Crippen LogP contribution in [0.4, 0.5) is 5.82 Å². The first-order valence-corrected chi connectivity index (χ1v) is 5.72. The van der Waals surface area contributed by atoms with Crippen molar-refractivity contribution in [1.82, 2.24) is 15.3 Å². The van der Waals surface area contributed by atoms with Crippen LogP contribution in [-0.4, -0.2) is 36.2 Å². The molecule has 0 radical (unpaired) electrons. The van der Waals surface area contributed by atoms with Crippen LogP contribution in [0.5, 0.6) is 5.88 Å². The fourth-order valence-corrected chi connectivity index (χ4v) is 1.87. The van der Waals surface area contributed by atoms with Crippen molar-refractivity contribution in [3.63, 3.8) is 0 Å². The van der Waals surface area contributed by atoms with Crippen molar-refractivity contribution in [2.75, 3.05) is 25.5 Å². The average Bonchev–Trinajstić information content (AvgIpc) is 2.58. The highest BCUT2D eigenvalue weighted by molar-refractivity contribution is 5.34. The third kappa shape index (κ3) is 3.06. The molecule has 0 saturated carbocycles. The van der Waals surface area contributed by atoms with Crippen molar-refractivity contribution in [2.24, 2.45) is 0 Å². The monoisotopic (exact) mass is 222 g/mol. The molecule has 1 fully saturated rings. The molecular formula is C11H18N4O. The molecule has 0 aliphatic carbocycles. The number of nitrogens with zero attached hydrogens (tertiary/aromatic N) is 2. The van der Waals surface area contributed by atoms with Gasteiger partial charge in [0, 0.05) is 12.6 Å². The molecule has 1 atom stereocenters. The van der Waals surface area contributed by atoms with E-state index in [1.165, 1.54) is 19.3 Å². The first-order chi connectivity index (χ1) is 7.88. The summed E-state index contributed by atoms with van der Waals surface area (Å²) in [4.78, 5) is 8.37. The third-order valence-corrected chi connectivity index (χ3v) is 2.72. The molecule has 2 rings (SSSR count). The van der Waals surface area contributed by atoms with E-state index in [-0.39, 0.29) is 0 Å². The molecule has 5 heteroatoms. The second-order valence-electron chi connectivity index (χ2n) is 3.99. The van der Waals surface area contributed by atoms with Gasteiger partial charge in [0.2, 0.25) is 5.88 Å². The quantitative estimate of drug-likeness (QED) is 0.800. The van der Waals surface area contributed by atoms with E-state index in [1.807, 2.05) is 0 Å². The highest BCUT2D eigenvalue weighted by Gasteiger charge is 2.12. The maximum atomic E-state index is 5.04. The second-order valence-corrected chi connectivity index (χ2v) is 3.99. The summed E-state index contributed by atoms with van der Waals surface area (Å²) >= 11 is 0. The molecule has 0 amide bonds. The van der Waals surface area contributed by atoms with Crippen LogP contribution >= 0.6 is 0 Å². The zero-order valence-electron chi connectivity index (χ0n) is 9.57. The number of aromatic nitrogens is 2. The predicted octanol–water partition coefficient (Wildman–Crippen LogP) is 1.04. The second kappa shape index (κ2) is 5.65. The molecule has 0 aromatic carbocycles. The smallest absolute Gasteiger partial charge is 0.233 e. The van der Waals surface area contributed by atoms with Crippen LogP contribution in [0, 0.1) is 0 Å². The van der Waals surface area contributed by atoms with Crippen molar-refractivity contribution in [1.29, 1.82) is 0 Å². The Labute approximate surface area is 95.6 Å². The van der Waals surface area contributed by atoms with Gasteiger partial charge in [-0.15, -0.1) is 0 Å². The number of methoxy groups -OCH3 is 1. The van der Waals surface area contributed by atoms with Crippen LogP contribution in [0.2, 0.25) is 0 Å². The zero-order chi connectivity index (χ0) is 11.2. The molecule has 0 bridgehead atoms. The van der Waals surface area contributed by atoms with Gasteiger partial charge >= 0.3 is 0 Å². The van der Waals surface area contributed by atoms with Gasteiger partial charge in [0.1, 0.15) is 5.82 Å². The van der Waals surface area contributed by atoms with Gasteiger partial charge < -0.3 is 15.4 Å². The summed E-state index contributed by atoms with van der Waals surface area (Å²) in [6.07, 6.45) is 7.01. The van der Waals surface area contributed by atoms with Crippen LogP contribution in [-0.2, 0) is 0 Å². The minimum Gasteiger partial charge on any atom is -0.480 e. The van der Waals surface area contributed by atoms with Gasteiger partial charge in [-0.3, -0.25) is 4.98 Å². The first-order valence-electron chi connectivity index (χ1n) is 5.72. The van der Waals surface area contributed by atoms with Gasteiger partial charge in [0.25, 0.3) is 0 Å². The van der Waals surface area contributed by atoms with E-state index in [0.717, 1.165) is 18.9 Å². The van der Waals surface area contributed by atoms with Gasteiger partial charge in [-0.1, -0.05) is 6.42 Å². The predicted molar refractivity (Wildman–Crippen MR) is 62.7 cm³/mol. The summed E-state index contributed by atoms with van der Waals surface area (Å²) in [6, 6.07) is 0.434. The van der Waals surface area contributed by atoms with Crippen molar-refractivity contribution in [3.8, 4) is 5.88 Å². The van der Waals surface area contributed by atoms with Crippen molar-refractivity contribution in [3.05, 3.63) is 12.4 Å². The number of anilines is 1. The number of nitrogens with one attached hydrogen (secondary N) is 2. The highest BCUT2D eigenvalue weighted by atomic mass is 16.5. The summed E-state index contributed by atoms with van der Waals surface area (Å²) in [5, 5.41) is 6.78. The molecule has 1 aromatic heterocycles. The van der Waals surface area contributed by atoms with E-state index >= 15 is 0 Å². The summed E-state index contributed by atoms with van der Waals surface area (Å²) in [5.74, 6) is 1.33. The molecule has 1 aliphatic rings. The Balaban J connectivity index is 1.96. The lowest BCUT2D eigenvalue weighted by Crippen LogP contribution is -2.31. The fourth-order valence-electron chi connectivity index (χ4n) is 1.87. The Hall–Kier alpha value is -1.36. The van der Waals surface area contributed by atoms with Crippen molar-refractivity contribution < 1.29 is 4.74 Å². The molecule has 88 valence electrons. The van der Waals surface area contributed by atoms with E-state index in [9.17, 15) is 0 Å². The number of hydrogen-bond donors (Lipinski definition) is 2. The van der Waals surface area contributed by atoms with Crippen LogP contribution in [0.1, 0.15) is 19.3 Å². The van der Waals surface area contributed by atoms with Gasteiger partial charge in [-0.25, -0.2) is 0 Å². The number of ether oxygens (including phenoxy) is 1. The minimum atomic E-state index is 0.434. The summed E-state index contributed by atoms with van der Waals surface area (Å²) in [6.45, 7) is 2.10. The third-order valence-electron chi connectivity index (χ3n) is 2.72. The van der Waals surface area contributed by atoms with E-state index in [1.54, 1.807) is 19.5 Å². The first kappa shape index (κ1) is 11.1. The molecule has 0 spiro atoms. The van der Waals surface area contributed by atoms with Crippen LogP contribution in [0.3, 0.4) is 0 Å². The van der Waals surface area contributed by atoms with Gasteiger partial charge in [0.05, 0.1) is 19.5 Å². The van der Waals surface area contributed by atoms with Crippen LogP contribution < -0.4 is 15.4 Å². The zero-order valence-corrected chi connectivity index (χ0v) is 9.57. The summed E-state index contributed by atoms with van der Waals surface area (Å²) < 4.78 is 5.04. The Morgan fingerprint density at radius 1 is 1.44 bits per heavy atom. The molecule has 2 heterocycles. The maximum absolute atomic E-state index is 5.04. The molecule has 1 aromatic rings. The van der Waals surface area contributed by atoms with Gasteiger partial charge in [0.15, 0.2) is 0 Å². The highest BCUT2D eigenvalue weighted by Crippen LogP contribution is 2.12. The number of hydrogen-bond acceptors (Lipinski definition) is 5. The average molecular weight is 222 g/mol. The summed E-state index contributed by atoms with van der Waals surface area (Å²) in [7, 11) is 1.60. The van der Waals surface area contributed by atoms with Crippen LogP contribution in [0.25, 0.3) is 0 Å². The Morgan fingerprint density at radius 2 is 2.38 bits per heavy atom. The van der Waals surface area contributed by atoms with E-state index in [2.05, 4.69) is 20.6 Å². The fraction of sp³-hybridized carbons (Fsp3) is 0.636. The lowest BCUT2D eigenvalue weighted by molar-refractivity contribution is 0.396. The Bertz CT molecular complexity index is 324. The molecule has 16 heavy (non-hydrogen) atoms. The lowest BCUT2D eigenvalue weighted by Gasteiger charge is -2.16. The minimum absolute atomic E-state index is 0.434.